The average Bonchev–Trinajstić information content (AvgIpc) is 3.53. The third-order valence-electron chi connectivity index (χ3n) is 16.3. The first-order valence-corrected chi connectivity index (χ1v) is 30.0. The van der Waals surface area contributed by atoms with Crippen LogP contribution < -0.4 is 19.6 Å². The Balaban J connectivity index is 0.723. The summed E-state index contributed by atoms with van der Waals surface area (Å²) in [5.74, 6) is 0. The maximum absolute atomic E-state index is 2.35. The molecule has 0 unspecified atom stereocenters. The number of hydrogen-bond donors (Lipinski definition) is 0. The minimum absolute atomic E-state index is 1.06. The summed E-state index contributed by atoms with van der Waals surface area (Å²) >= 11 is 0. The maximum atomic E-state index is 2.35. The molecule has 0 amide bonds. The summed E-state index contributed by atoms with van der Waals surface area (Å²) in [5, 5.41) is 0. The molecule has 14 rings (SSSR count). The van der Waals surface area contributed by atoms with Gasteiger partial charge in [0, 0.05) is 68.2 Å². The van der Waals surface area contributed by atoms with Gasteiger partial charge < -0.3 is 19.6 Å². The van der Waals surface area contributed by atoms with Crippen LogP contribution in [0.15, 0.2) is 376 Å². The molecule has 0 aromatic heterocycles. The lowest BCUT2D eigenvalue weighted by Crippen LogP contribution is -2.12. The van der Waals surface area contributed by atoms with Crippen molar-refractivity contribution in [1.29, 1.82) is 0 Å². The lowest BCUT2D eigenvalue weighted by Gasteiger charge is -2.28. The van der Waals surface area contributed by atoms with Gasteiger partial charge in [0.1, 0.15) is 0 Å². The van der Waals surface area contributed by atoms with Crippen LogP contribution in [0.4, 0.5) is 68.2 Å². The van der Waals surface area contributed by atoms with E-state index >= 15 is 0 Å². The number of para-hydroxylation sites is 5. The molecule has 4 heteroatoms. The van der Waals surface area contributed by atoms with Gasteiger partial charge in [-0.25, -0.2) is 0 Å². The second kappa shape index (κ2) is 25.2. The zero-order chi connectivity index (χ0) is 58.9. The van der Waals surface area contributed by atoms with Gasteiger partial charge in [-0.3, -0.25) is 0 Å². The molecule has 0 N–H and O–H groups in total. The maximum Gasteiger partial charge on any atom is 0.0463 e. The van der Waals surface area contributed by atoms with E-state index in [1.54, 1.807) is 0 Å². The van der Waals surface area contributed by atoms with Crippen LogP contribution in [-0.2, 0) is 0 Å². The molecule has 0 aliphatic heterocycles. The van der Waals surface area contributed by atoms with E-state index < -0.39 is 0 Å². The van der Waals surface area contributed by atoms with Crippen LogP contribution in [0.5, 0.6) is 0 Å². The molecule has 0 spiro atoms. The molecule has 418 valence electrons. The number of nitrogens with zero attached hydrogens (tertiary/aromatic N) is 4. The lowest BCUT2D eigenvalue weighted by atomic mass is 9.98. The van der Waals surface area contributed by atoms with Crippen LogP contribution in [0.1, 0.15) is 0 Å². The summed E-state index contributed by atoms with van der Waals surface area (Å²) in [7, 11) is 0. The predicted octanol–water partition coefficient (Wildman–Crippen LogP) is 23.9. The van der Waals surface area contributed by atoms with Gasteiger partial charge in [-0.1, -0.05) is 231 Å². The average molecular weight is 1130 g/mol. The Labute approximate surface area is 516 Å². The van der Waals surface area contributed by atoms with Crippen molar-refractivity contribution in [2.45, 2.75) is 0 Å². The van der Waals surface area contributed by atoms with Crippen molar-refractivity contribution in [2.24, 2.45) is 0 Å². The van der Waals surface area contributed by atoms with Crippen LogP contribution in [0.3, 0.4) is 0 Å². The summed E-state index contributed by atoms with van der Waals surface area (Å²) < 4.78 is 0. The van der Waals surface area contributed by atoms with Crippen LogP contribution >= 0.6 is 0 Å². The van der Waals surface area contributed by atoms with E-state index in [0.717, 1.165) is 96.1 Å². The molecule has 0 heterocycles. The molecular weight excluding hydrogens is 1060 g/mol. The number of anilines is 12. The van der Waals surface area contributed by atoms with Gasteiger partial charge in [-0.15, -0.1) is 0 Å². The van der Waals surface area contributed by atoms with E-state index in [2.05, 4.69) is 396 Å². The molecule has 0 atom stereocenters. The fraction of sp³-hybridized carbons (Fsp3) is 0. The van der Waals surface area contributed by atoms with Gasteiger partial charge in [0.2, 0.25) is 0 Å². The van der Waals surface area contributed by atoms with E-state index in [0.29, 0.717) is 0 Å². The molecule has 0 fully saturated rings. The Kier molecular flexibility index (Phi) is 15.6. The SMILES string of the molecule is c1ccc(-c2ccc(-c3ccc(-c4ccc(N(c5ccc(-c6ccc(-c7ccc(N(c8ccccc8)c8ccc(N(c9ccccc9)c9ccccc9)cc8)cc7)cc6)cc5)c5ccc(N(c6ccccc6)c6ccccc6)cc5)cc4)cc3)cc2)cc1. The smallest absolute Gasteiger partial charge is 0.0463 e. The Morgan fingerprint density at radius 1 is 0.0909 bits per heavy atom. The van der Waals surface area contributed by atoms with Gasteiger partial charge in [-0.05, 0) is 201 Å². The quantitative estimate of drug-likeness (QED) is 0.0901. The van der Waals surface area contributed by atoms with Crippen molar-refractivity contribution >= 4 is 68.2 Å². The van der Waals surface area contributed by atoms with Crippen molar-refractivity contribution in [3.8, 4) is 55.6 Å². The molecule has 0 saturated heterocycles. The topological polar surface area (TPSA) is 13.0 Å². The first-order valence-electron chi connectivity index (χ1n) is 30.0. The fourth-order valence-electron chi connectivity index (χ4n) is 11.8. The summed E-state index contributed by atoms with van der Waals surface area (Å²) in [6.07, 6.45) is 0. The zero-order valence-corrected chi connectivity index (χ0v) is 48.6. The third kappa shape index (κ3) is 11.7. The minimum Gasteiger partial charge on any atom is -0.311 e. The van der Waals surface area contributed by atoms with Gasteiger partial charge >= 0.3 is 0 Å². The molecule has 14 aromatic rings. The van der Waals surface area contributed by atoms with Gasteiger partial charge in [-0.2, -0.15) is 0 Å². The van der Waals surface area contributed by atoms with Crippen LogP contribution in [-0.4, -0.2) is 0 Å². The molecule has 4 nitrogen and oxygen atoms in total. The molecule has 0 aliphatic rings. The van der Waals surface area contributed by atoms with E-state index in [1.807, 2.05) is 0 Å². The van der Waals surface area contributed by atoms with Crippen molar-refractivity contribution < 1.29 is 0 Å². The molecule has 0 bridgehead atoms. The number of rotatable bonds is 17. The van der Waals surface area contributed by atoms with Crippen molar-refractivity contribution in [1.82, 2.24) is 0 Å². The first kappa shape index (κ1) is 54.2. The zero-order valence-electron chi connectivity index (χ0n) is 48.6. The number of hydrogen-bond acceptors (Lipinski definition) is 4. The van der Waals surface area contributed by atoms with E-state index in [9.17, 15) is 0 Å². The van der Waals surface area contributed by atoms with Gasteiger partial charge in [0.15, 0.2) is 0 Å². The highest BCUT2D eigenvalue weighted by atomic mass is 15.2. The molecule has 14 aromatic carbocycles. The fourth-order valence-corrected chi connectivity index (χ4v) is 11.8. The van der Waals surface area contributed by atoms with Crippen LogP contribution in [0.2, 0.25) is 0 Å². The van der Waals surface area contributed by atoms with Gasteiger partial charge in [0.25, 0.3) is 0 Å². The predicted molar refractivity (Wildman–Crippen MR) is 372 cm³/mol. The highest BCUT2D eigenvalue weighted by Crippen LogP contribution is 2.43. The van der Waals surface area contributed by atoms with Crippen molar-refractivity contribution in [3.05, 3.63) is 376 Å². The van der Waals surface area contributed by atoms with E-state index in [1.165, 1.54) is 27.8 Å². The second-order valence-electron chi connectivity index (χ2n) is 21.8. The normalized spacial score (nSPS) is 11.0. The van der Waals surface area contributed by atoms with Crippen molar-refractivity contribution in [2.75, 3.05) is 19.6 Å². The Hall–Kier alpha value is -11.7. The molecule has 0 radical (unpaired) electrons. The molecule has 0 aliphatic carbocycles. The standard InChI is InChI=1S/C84H62N4/c1-7-19-63(20-8-1)64-31-33-65(34-32-64)66-35-37-67(38-36-66)71-45-51-79(52-46-71)88(84-61-57-82(58-62-84)86(75-25-13-4-14-26-75)76-27-15-5-16-28-76)80-53-47-72(48-54-80)69-41-39-68(40-42-69)70-43-49-78(50-44-70)87(77-29-17-6-18-30-77)83-59-55-81(56-60-83)85(73-21-9-2-10-22-73)74-23-11-3-12-24-74/h1-62H. The molecular formula is C84H62N4. The van der Waals surface area contributed by atoms with Gasteiger partial charge in [0.05, 0.1) is 0 Å². The molecule has 0 saturated carbocycles. The number of benzene rings is 14. The lowest BCUT2D eigenvalue weighted by molar-refractivity contribution is 1.26. The highest BCUT2D eigenvalue weighted by molar-refractivity contribution is 5.86. The summed E-state index contributed by atoms with van der Waals surface area (Å²) in [4.78, 5) is 9.26. The Morgan fingerprint density at radius 2 is 0.193 bits per heavy atom. The summed E-state index contributed by atoms with van der Waals surface area (Å²) in [5.41, 5.74) is 24.8. The van der Waals surface area contributed by atoms with E-state index in [4.69, 9.17) is 0 Å². The largest absolute Gasteiger partial charge is 0.311 e. The molecule has 88 heavy (non-hydrogen) atoms. The van der Waals surface area contributed by atoms with E-state index in [-0.39, 0.29) is 0 Å². The summed E-state index contributed by atoms with van der Waals surface area (Å²) in [6.45, 7) is 0. The third-order valence-corrected chi connectivity index (χ3v) is 16.3. The van der Waals surface area contributed by atoms with Crippen LogP contribution in [0, 0.1) is 0 Å². The van der Waals surface area contributed by atoms with Crippen LogP contribution in [0.25, 0.3) is 55.6 Å². The first-order chi connectivity index (χ1) is 43.6. The Morgan fingerprint density at radius 3 is 0.352 bits per heavy atom. The minimum atomic E-state index is 1.06. The van der Waals surface area contributed by atoms with Crippen molar-refractivity contribution in [3.63, 3.8) is 0 Å². The highest BCUT2D eigenvalue weighted by Gasteiger charge is 2.19. The second-order valence-corrected chi connectivity index (χ2v) is 21.8. The monoisotopic (exact) mass is 1130 g/mol. The Bertz CT molecular complexity index is 4410. The summed E-state index contributed by atoms with van der Waals surface area (Å²) in [6, 6.07) is 135.